The van der Waals surface area contributed by atoms with Gasteiger partial charge in [0, 0.05) is 5.69 Å². The maximum Gasteiger partial charge on any atom is 0.266 e. The van der Waals surface area contributed by atoms with Gasteiger partial charge in [0.2, 0.25) is 5.91 Å². The molecule has 2 amide bonds. The van der Waals surface area contributed by atoms with E-state index in [1.165, 1.54) is 16.7 Å². The van der Waals surface area contributed by atoms with Crippen LogP contribution in [0.2, 0.25) is 0 Å². The molecule has 1 aliphatic rings. The second kappa shape index (κ2) is 10.5. The SMILES string of the molecule is Cc1ccccc1NC(=O)CN1C(=O)/C(=C/c2cccc(OCc3ccccc3)c2)SC1=S. The predicted octanol–water partition coefficient (Wildman–Crippen LogP) is 5.41. The normalized spacial score (nSPS) is 14.6. The molecule has 1 heterocycles. The van der Waals surface area contributed by atoms with E-state index < -0.39 is 0 Å². The third-order valence-electron chi connectivity index (χ3n) is 5.00. The first kappa shape index (κ1) is 22.8. The van der Waals surface area contributed by atoms with E-state index in [1.54, 1.807) is 6.08 Å². The van der Waals surface area contributed by atoms with Gasteiger partial charge in [0.05, 0.1) is 4.91 Å². The summed E-state index contributed by atoms with van der Waals surface area (Å²) in [4.78, 5) is 27.2. The van der Waals surface area contributed by atoms with Crippen LogP contribution in [0.5, 0.6) is 5.75 Å². The first-order chi connectivity index (χ1) is 16.0. The second-order valence-electron chi connectivity index (χ2n) is 7.48. The van der Waals surface area contributed by atoms with Crippen molar-refractivity contribution in [1.29, 1.82) is 0 Å². The van der Waals surface area contributed by atoms with Gasteiger partial charge in [-0.05, 0) is 47.9 Å². The molecule has 4 rings (SSSR count). The molecule has 0 spiro atoms. The van der Waals surface area contributed by atoms with Crippen LogP contribution in [0.1, 0.15) is 16.7 Å². The van der Waals surface area contributed by atoms with Crippen LogP contribution < -0.4 is 10.1 Å². The van der Waals surface area contributed by atoms with E-state index in [0.29, 0.717) is 21.6 Å². The number of amides is 2. The lowest BCUT2D eigenvalue weighted by Gasteiger charge is -2.15. The molecule has 0 radical (unpaired) electrons. The van der Waals surface area contributed by atoms with Crippen LogP contribution in [0.4, 0.5) is 5.69 Å². The number of thioether (sulfide) groups is 1. The van der Waals surface area contributed by atoms with E-state index in [4.69, 9.17) is 17.0 Å². The number of para-hydroxylation sites is 1. The molecule has 3 aromatic rings. The molecule has 0 aliphatic carbocycles. The Balaban J connectivity index is 1.41. The molecule has 1 saturated heterocycles. The maximum absolute atomic E-state index is 12.9. The Morgan fingerprint density at radius 1 is 1.06 bits per heavy atom. The highest BCUT2D eigenvalue weighted by atomic mass is 32.2. The zero-order chi connectivity index (χ0) is 23.2. The van der Waals surface area contributed by atoms with Crippen molar-refractivity contribution >= 4 is 51.9 Å². The van der Waals surface area contributed by atoms with Crippen molar-refractivity contribution < 1.29 is 14.3 Å². The van der Waals surface area contributed by atoms with Gasteiger partial charge in [0.15, 0.2) is 0 Å². The van der Waals surface area contributed by atoms with Crippen molar-refractivity contribution in [2.75, 3.05) is 11.9 Å². The fourth-order valence-corrected chi connectivity index (χ4v) is 4.52. The lowest BCUT2D eigenvalue weighted by Crippen LogP contribution is -2.36. The van der Waals surface area contributed by atoms with Crippen LogP contribution in [0.15, 0.2) is 83.8 Å². The van der Waals surface area contributed by atoms with Crippen molar-refractivity contribution in [2.24, 2.45) is 0 Å². The van der Waals surface area contributed by atoms with E-state index >= 15 is 0 Å². The number of carbonyl (C=O) groups is 2. The molecule has 5 nitrogen and oxygen atoms in total. The molecule has 0 bridgehead atoms. The molecule has 0 saturated carbocycles. The summed E-state index contributed by atoms with van der Waals surface area (Å²) in [6.45, 7) is 2.24. The minimum atomic E-state index is -0.293. The summed E-state index contributed by atoms with van der Waals surface area (Å²) in [6, 6.07) is 24.9. The number of aryl methyl sites for hydroxylation is 1. The Bertz CT molecular complexity index is 1220. The Morgan fingerprint density at radius 3 is 2.61 bits per heavy atom. The largest absolute Gasteiger partial charge is 0.489 e. The zero-order valence-corrected chi connectivity index (χ0v) is 19.6. The van der Waals surface area contributed by atoms with Crippen molar-refractivity contribution in [3.8, 4) is 5.75 Å². The number of rotatable bonds is 7. The topological polar surface area (TPSA) is 58.6 Å². The van der Waals surface area contributed by atoms with Gasteiger partial charge in [-0.3, -0.25) is 14.5 Å². The summed E-state index contributed by atoms with van der Waals surface area (Å²) >= 11 is 6.56. The molecule has 1 aliphatic heterocycles. The van der Waals surface area contributed by atoms with Crippen LogP contribution >= 0.6 is 24.0 Å². The average molecular weight is 475 g/mol. The fraction of sp³-hybridized carbons (Fsp3) is 0.115. The minimum Gasteiger partial charge on any atom is -0.489 e. The van der Waals surface area contributed by atoms with Gasteiger partial charge in [-0.1, -0.05) is 84.6 Å². The average Bonchev–Trinajstić information content (AvgIpc) is 3.07. The predicted molar refractivity (Wildman–Crippen MR) is 137 cm³/mol. The van der Waals surface area contributed by atoms with E-state index in [0.717, 1.165) is 22.4 Å². The Hall–Kier alpha value is -3.42. The number of carbonyl (C=O) groups excluding carboxylic acids is 2. The van der Waals surface area contributed by atoms with Crippen LogP contribution in [-0.2, 0) is 16.2 Å². The minimum absolute atomic E-state index is 0.128. The van der Waals surface area contributed by atoms with Crippen LogP contribution in [0.3, 0.4) is 0 Å². The smallest absolute Gasteiger partial charge is 0.266 e. The summed E-state index contributed by atoms with van der Waals surface area (Å²) in [6.07, 6.45) is 1.77. The number of ether oxygens (including phenoxy) is 1. The number of thiocarbonyl (C=S) groups is 1. The highest BCUT2D eigenvalue weighted by molar-refractivity contribution is 8.26. The first-order valence-corrected chi connectivity index (χ1v) is 11.6. The molecular formula is C26H22N2O3S2. The van der Waals surface area contributed by atoms with Crippen molar-refractivity contribution in [2.45, 2.75) is 13.5 Å². The maximum atomic E-state index is 12.9. The number of hydrogen-bond donors (Lipinski definition) is 1. The van der Waals surface area contributed by atoms with Gasteiger partial charge >= 0.3 is 0 Å². The van der Waals surface area contributed by atoms with Crippen molar-refractivity contribution in [3.63, 3.8) is 0 Å². The number of nitrogens with zero attached hydrogens (tertiary/aromatic N) is 1. The molecule has 166 valence electrons. The van der Waals surface area contributed by atoms with Crippen molar-refractivity contribution in [3.05, 3.63) is 100 Å². The van der Waals surface area contributed by atoms with Gasteiger partial charge in [-0.2, -0.15) is 0 Å². The molecule has 3 aromatic carbocycles. The van der Waals surface area contributed by atoms with E-state index in [2.05, 4.69) is 5.32 Å². The third-order valence-corrected chi connectivity index (χ3v) is 6.38. The first-order valence-electron chi connectivity index (χ1n) is 10.4. The van der Waals surface area contributed by atoms with Crippen LogP contribution in [0, 0.1) is 6.92 Å². The third kappa shape index (κ3) is 5.88. The zero-order valence-electron chi connectivity index (χ0n) is 18.0. The number of nitrogens with one attached hydrogen (secondary N) is 1. The van der Waals surface area contributed by atoms with E-state index in [1.807, 2.05) is 85.8 Å². The molecule has 0 aromatic heterocycles. The van der Waals surface area contributed by atoms with Crippen LogP contribution in [0.25, 0.3) is 6.08 Å². The van der Waals surface area contributed by atoms with Gasteiger partial charge in [0.1, 0.15) is 23.2 Å². The Labute approximate surface area is 202 Å². The molecule has 1 fully saturated rings. The molecule has 7 heteroatoms. The number of benzene rings is 3. The van der Waals surface area contributed by atoms with Gasteiger partial charge in [-0.15, -0.1) is 0 Å². The molecule has 0 unspecified atom stereocenters. The summed E-state index contributed by atoms with van der Waals surface area (Å²) < 4.78 is 6.24. The fourth-order valence-electron chi connectivity index (χ4n) is 3.27. The number of anilines is 1. The van der Waals surface area contributed by atoms with Gasteiger partial charge in [-0.25, -0.2) is 0 Å². The van der Waals surface area contributed by atoms with E-state index in [9.17, 15) is 9.59 Å². The highest BCUT2D eigenvalue weighted by Crippen LogP contribution is 2.33. The highest BCUT2D eigenvalue weighted by Gasteiger charge is 2.33. The molecule has 33 heavy (non-hydrogen) atoms. The second-order valence-corrected chi connectivity index (χ2v) is 9.15. The standard InChI is InChI=1S/C26H22N2O3S2/c1-18-8-5-6-13-22(18)27-24(29)16-28-25(30)23(33-26(28)32)15-20-11-7-12-21(14-20)31-17-19-9-3-2-4-10-19/h2-15H,16-17H2,1H3,(H,27,29)/b23-15-. The summed E-state index contributed by atoms with van der Waals surface area (Å²) in [5.41, 5.74) is 3.57. The Morgan fingerprint density at radius 2 is 1.82 bits per heavy atom. The quantitative estimate of drug-likeness (QED) is 0.366. The lowest BCUT2D eigenvalue weighted by molar-refractivity contribution is -0.126. The summed E-state index contributed by atoms with van der Waals surface area (Å²) in [5.74, 6) is 0.138. The molecule has 0 atom stereocenters. The molecular weight excluding hydrogens is 452 g/mol. The Kier molecular flexibility index (Phi) is 7.22. The van der Waals surface area contributed by atoms with Crippen LogP contribution in [-0.4, -0.2) is 27.6 Å². The summed E-state index contributed by atoms with van der Waals surface area (Å²) in [5, 5.41) is 2.84. The lowest BCUT2D eigenvalue weighted by atomic mass is 10.2. The molecule has 1 N–H and O–H groups in total. The summed E-state index contributed by atoms with van der Waals surface area (Å²) in [7, 11) is 0. The van der Waals surface area contributed by atoms with Crippen molar-refractivity contribution in [1.82, 2.24) is 4.90 Å². The van der Waals surface area contributed by atoms with E-state index in [-0.39, 0.29) is 18.4 Å². The van der Waals surface area contributed by atoms with Gasteiger partial charge in [0.25, 0.3) is 5.91 Å². The van der Waals surface area contributed by atoms with Gasteiger partial charge < -0.3 is 10.1 Å². The number of hydrogen-bond acceptors (Lipinski definition) is 5. The monoisotopic (exact) mass is 474 g/mol.